The number of ether oxygens (including phenoxy) is 1. The van der Waals surface area contributed by atoms with Crippen LogP contribution in [0.4, 0.5) is 13.2 Å². The predicted octanol–water partition coefficient (Wildman–Crippen LogP) is 2.43. The maximum atomic E-state index is 13.0. The van der Waals surface area contributed by atoms with Gasteiger partial charge in [0, 0.05) is 5.56 Å². The molecule has 0 radical (unpaired) electrons. The Balaban J connectivity index is 2.35. The van der Waals surface area contributed by atoms with Crippen molar-refractivity contribution in [3.63, 3.8) is 0 Å². The van der Waals surface area contributed by atoms with E-state index < -0.39 is 12.0 Å². The summed E-state index contributed by atoms with van der Waals surface area (Å²) in [5, 5.41) is 0. The van der Waals surface area contributed by atoms with Crippen LogP contribution < -0.4 is 0 Å². The van der Waals surface area contributed by atoms with E-state index in [9.17, 15) is 13.2 Å². The number of rotatable bonds is 1. The molecule has 0 N–H and O–H groups in total. The van der Waals surface area contributed by atoms with Crippen molar-refractivity contribution < 1.29 is 17.9 Å². The highest BCUT2D eigenvalue weighted by Gasteiger charge is 2.77. The second kappa shape index (κ2) is 2.01. The fourth-order valence-electron chi connectivity index (χ4n) is 1.03. The van der Waals surface area contributed by atoms with E-state index in [1.54, 1.807) is 6.07 Å². The maximum absolute atomic E-state index is 13.0. The molecule has 1 fully saturated rings. The smallest absolute Gasteiger partial charge is 0.266 e. The first-order chi connectivity index (χ1) is 5.56. The van der Waals surface area contributed by atoms with E-state index in [1.165, 1.54) is 24.3 Å². The summed E-state index contributed by atoms with van der Waals surface area (Å²) in [5.41, 5.74) is -0.144. The van der Waals surface area contributed by atoms with Crippen LogP contribution >= 0.6 is 0 Å². The summed E-state index contributed by atoms with van der Waals surface area (Å²) in [5.74, 6) is -2.89. The van der Waals surface area contributed by atoms with Gasteiger partial charge in [-0.2, -0.15) is 13.2 Å². The van der Waals surface area contributed by atoms with Crippen LogP contribution in [0.15, 0.2) is 30.3 Å². The van der Waals surface area contributed by atoms with E-state index >= 15 is 0 Å². The van der Waals surface area contributed by atoms with Gasteiger partial charge >= 0.3 is 12.0 Å². The highest BCUT2D eigenvalue weighted by atomic mass is 19.3. The molecule has 1 unspecified atom stereocenters. The van der Waals surface area contributed by atoms with Gasteiger partial charge in [0.15, 0.2) is 0 Å². The Bertz CT molecular complexity index is 298. The first-order valence-electron chi connectivity index (χ1n) is 3.39. The van der Waals surface area contributed by atoms with Crippen LogP contribution in [0.1, 0.15) is 5.56 Å². The van der Waals surface area contributed by atoms with Gasteiger partial charge < -0.3 is 0 Å². The molecule has 1 nitrogen and oxygen atoms in total. The molecular weight excluding hydrogens is 169 g/mol. The second-order valence-electron chi connectivity index (χ2n) is 2.58. The highest BCUT2D eigenvalue weighted by molar-refractivity contribution is 5.26. The Morgan fingerprint density at radius 2 is 1.50 bits per heavy atom. The summed E-state index contributed by atoms with van der Waals surface area (Å²) < 4.78 is 41.3. The summed E-state index contributed by atoms with van der Waals surface area (Å²) in [6.07, 6.45) is -3.66. The molecule has 0 aromatic heterocycles. The summed E-state index contributed by atoms with van der Waals surface area (Å²) in [6.45, 7) is 0. The second-order valence-corrected chi connectivity index (χ2v) is 2.58. The largest absolute Gasteiger partial charge is 0.422 e. The van der Waals surface area contributed by atoms with E-state index in [0.717, 1.165) is 0 Å². The van der Waals surface area contributed by atoms with Crippen molar-refractivity contribution in [1.82, 2.24) is 0 Å². The lowest BCUT2D eigenvalue weighted by Crippen LogP contribution is -2.09. The monoisotopic (exact) mass is 174 g/mol. The molecule has 64 valence electrons. The van der Waals surface area contributed by atoms with Gasteiger partial charge in [0.2, 0.25) is 0 Å². The molecule has 0 amide bonds. The number of hydrogen-bond donors (Lipinski definition) is 0. The lowest BCUT2D eigenvalue weighted by molar-refractivity contribution is -0.00175. The van der Waals surface area contributed by atoms with Gasteiger partial charge in [-0.3, -0.25) is 4.74 Å². The normalized spacial score (nSPS) is 31.6. The van der Waals surface area contributed by atoms with Gasteiger partial charge in [-0.1, -0.05) is 30.3 Å². The number of halogens is 3. The number of benzene rings is 1. The molecule has 1 heterocycles. The SMILES string of the molecule is FC1(F)OC1(F)c1ccccc1. The zero-order valence-electron chi connectivity index (χ0n) is 5.93. The lowest BCUT2D eigenvalue weighted by atomic mass is 10.1. The fraction of sp³-hybridized carbons (Fsp3) is 0.250. The summed E-state index contributed by atoms with van der Waals surface area (Å²) in [7, 11) is 0. The van der Waals surface area contributed by atoms with Gasteiger partial charge in [-0.25, -0.2) is 0 Å². The van der Waals surface area contributed by atoms with E-state index in [2.05, 4.69) is 4.74 Å². The van der Waals surface area contributed by atoms with Gasteiger partial charge in [0.25, 0.3) is 0 Å². The standard InChI is InChI=1S/C8H5F3O/c9-7(8(10,11)12-7)6-4-2-1-3-5-6/h1-5H. The van der Waals surface area contributed by atoms with Crippen molar-refractivity contribution in [3.8, 4) is 0 Å². The topological polar surface area (TPSA) is 12.5 Å². The minimum atomic E-state index is -3.66. The van der Waals surface area contributed by atoms with Crippen LogP contribution in [-0.2, 0) is 10.6 Å². The highest BCUT2D eigenvalue weighted by Crippen LogP contribution is 2.58. The molecule has 0 bridgehead atoms. The molecule has 12 heavy (non-hydrogen) atoms. The molecule has 1 aromatic rings. The fourth-order valence-corrected chi connectivity index (χ4v) is 1.03. The minimum Gasteiger partial charge on any atom is -0.266 e. The third-order valence-electron chi connectivity index (χ3n) is 1.75. The molecule has 4 heteroatoms. The first-order valence-corrected chi connectivity index (χ1v) is 3.39. The zero-order chi connectivity index (χ0) is 8.82. The van der Waals surface area contributed by atoms with Crippen molar-refractivity contribution in [2.75, 3.05) is 0 Å². The third kappa shape index (κ3) is 0.845. The van der Waals surface area contributed by atoms with Crippen LogP contribution in [0.3, 0.4) is 0 Å². The molecule has 1 aliphatic rings. The van der Waals surface area contributed by atoms with Crippen molar-refractivity contribution in [1.29, 1.82) is 0 Å². The Morgan fingerprint density at radius 1 is 1.00 bits per heavy atom. The summed E-state index contributed by atoms with van der Waals surface area (Å²) in [4.78, 5) is 0. The van der Waals surface area contributed by atoms with Crippen molar-refractivity contribution in [3.05, 3.63) is 35.9 Å². The molecule has 1 aliphatic heterocycles. The lowest BCUT2D eigenvalue weighted by Gasteiger charge is -1.99. The van der Waals surface area contributed by atoms with Crippen LogP contribution in [0.5, 0.6) is 0 Å². The Labute approximate surface area is 66.8 Å². The molecule has 1 aromatic carbocycles. The van der Waals surface area contributed by atoms with E-state index in [0.29, 0.717) is 0 Å². The van der Waals surface area contributed by atoms with Gasteiger partial charge in [-0.05, 0) is 0 Å². The molecule has 1 saturated heterocycles. The van der Waals surface area contributed by atoms with Crippen LogP contribution in [0.2, 0.25) is 0 Å². The van der Waals surface area contributed by atoms with Crippen LogP contribution in [-0.4, -0.2) is 6.11 Å². The minimum absolute atomic E-state index is 0.144. The Kier molecular flexibility index (Phi) is 1.28. The van der Waals surface area contributed by atoms with E-state index in [4.69, 9.17) is 0 Å². The van der Waals surface area contributed by atoms with Crippen molar-refractivity contribution in [2.45, 2.75) is 12.0 Å². The van der Waals surface area contributed by atoms with E-state index in [1.807, 2.05) is 0 Å². The van der Waals surface area contributed by atoms with Crippen LogP contribution in [0.25, 0.3) is 0 Å². The Hall–Kier alpha value is -1.03. The average Bonchev–Trinajstić information content (AvgIpc) is 2.55. The Morgan fingerprint density at radius 3 is 1.92 bits per heavy atom. The molecule has 0 saturated carbocycles. The van der Waals surface area contributed by atoms with Gasteiger partial charge in [0.1, 0.15) is 0 Å². The predicted molar refractivity (Wildman–Crippen MR) is 35.3 cm³/mol. The quantitative estimate of drug-likeness (QED) is 0.595. The first kappa shape index (κ1) is 7.61. The molecular formula is C8H5F3O. The zero-order valence-corrected chi connectivity index (χ0v) is 5.93. The third-order valence-corrected chi connectivity index (χ3v) is 1.75. The summed E-state index contributed by atoms with van der Waals surface area (Å²) in [6, 6.07) is 7.11. The summed E-state index contributed by atoms with van der Waals surface area (Å²) >= 11 is 0. The molecule has 0 aliphatic carbocycles. The number of alkyl halides is 3. The maximum Gasteiger partial charge on any atom is 0.422 e. The van der Waals surface area contributed by atoms with Crippen molar-refractivity contribution in [2.24, 2.45) is 0 Å². The van der Waals surface area contributed by atoms with Gasteiger partial charge in [0.05, 0.1) is 0 Å². The average molecular weight is 174 g/mol. The van der Waals surface area contributed by atoms with Gasteiger partial charge in [-0.15, -0.1) is 0 Å². The molecule has 1 atom stereocenters. The van der Waals surface area contributed by atoms with Crippen molar-refractivity contribution >= 4 is 0 Å². The van der Waals surface area contributed by atoms with Crippen LogP contribution in [0, 0.1) is 0 Å². The van der Waals surface area contributed by atoms with E-state index in [-0.39, 0.29) is 5.56 Å². The number of hydrogen-bond acceptors (Lipinski definition) is 1. The molecule has 2 rings (SSSR count). The molecule has 0 spiro atoms. The number of epoxide rings is 1.